The van der Waals surface area contributed by atoms with E-state index in [1.807, 2.05) is 0 Å². The molecule has 1 heterocycles. The molecule has 6 nitrogen and oxygen atoms in total. The molecule has 2 aromatic rings. The molecule has 0 unspecified atom stereocenters. The van der Waals surface area contributed by atoms with E-state index in [0.29, 0.717) is 17.4 Å². The van der Waals surface area contributed by atoms with Gasteiger partial charge in [0, 0.05) is 12.6 Å². The van der Waals surface area contributed by atoms with Crippen molar-refractivity contribution in [2.45, 2.75) is 0 Å². The van der Waals surface area contributed by atoms with Crippen LogP contribution >= 0.6 is 0 Å². The summed E-state index contributed by atoms with van der Waals surface area (Å²) in [7, 11) is 2.75. The van der Waals surface area contributed by atoms with E-state index in [9.17, 15) is 14.4 Å². The zero-order valence-electron chi connectivity index (χ0n) is 10.5. The quantitative estimate of drug-likeness (QED) is 0.659. The molecule has 0 atom stereocenters. The van der Waals surface area contributed by atoms with Crippen LogP contribution in [0.25, 0.3) is 11.1 Å². The lowest BCUT2D eigenvalue weighted by molar-refractivity contribution is 0.0594. The predicted molar refractivity (Wildman–Crippen MR) is 68.2 cm³/mol. The fourth-order valence-corrected chi connectivity index (χ4v) is 1.79. The van der Waals surface area contributed by atoms with Crippen molar-refractivity contribution in [2.24, 2.45) is 7.05 Å². The number of aromatic amines is 1. The van der Waals surface area contributed by atoms with E-state index >= 15 is 0 Å². The molecule has 1 aromatic heterocycles. The Morgan fingerprint density at radius 3 is 2.47 bits per heavy atom. The summed E-state index contributed by atoms with van der Waals surface area (Å²) >= 11 is 0. The predicted octanol–water partition coefficient (Wildman–Crippen LogP) is 0.979. The molecule has 19 heavy (non-hydrogen) atoms. The van der Waals surface area contributed by atoms with Crippen LogP contribution in [0.1, 0.15) is 20.8 Å². The SMILES string of the molecule is COC(=O)c1[nH]n(C)c(=O)c1-c1ccc(C=O)cc1. The summed E-state index contributed by atoms with van der Waals surface area (Å²) in [5.74, 6) is -0.618. The number of H-pyrrole nitrogens is 1. The van der Waals surface area contributed by atoms with Gasteiger partial charge in [0.05, 0.1) is 12.7 Å². The number of aromatic nitrogens is 2. The first-order valence-corrected chi connectivity index (χ1v) is 5.51. The van der Waals surface area contributed by atoms with Gasteiger partial charge in [0.2, 0.25) is 0 Å². The van der Waals surface area contributed by atoms with Crippen LogP contribution < -0.4 is 5.56 Å². The molecule has 98 valence electrons. The average molecular weight is 260 g/mol. The highest BCUT2D eigenvalue weighted by Crippen LogP contribution is 2.20. The Balaban J connectivity index is 2.62. The van der Waals surface area contributed by atoms with Crippen LogP contribution in [-0.2, 0) is 11.8 Å². The lowest BCUT2D eigenvalue weighted by atomic mass is 10.0. The Kier molecular flexibility index (Phi) is 3.33. The smallest absolute Gasteiger partial charge is 0.356 e. The molecule has 0 aliphatic heterocycles. The molecule has 0 radical (unpaired) electrons. The van der Waals surface area contributed by atoms with Crippen molar-refractivity contribution in [1.82, 2.24) is 9.78 Å². The summed E-state index contributed by atoms with van der Waals surface area (Å²) in [6.45, 7) is 0. The second kappa shape index (κ2) is 4.93. The van der Waals surface area contributed by atoms with Gasteiger partial charge < -0.3 is 4.74 Å². The van der Waals surface area contributed by atoms with Crippen molar-refractivity contribution in [3.63, 3.8) is 0 Å². The second-order valence-corrected chi connectivity index (χ2v) is 3.96. The minimum absolute atomic E-state index is 0.0915. The van der Waals surface area contributed by atoms with Gasteiger partial charge in [0.25, 0.3) is 5.56 Å². The zero-order valence-corrected chi connectivity index (χ0v) is 10.5. The number of hydrogen-bond donors (Lipinski definition) is 1. The number of nitrogens with one attached hydrogen (secondary N) is 1. The number of aldehydes is 1. The summed E-state index contributed by atoms with van der Waals surface area (Å²) in [5.41, 5.74) is 1.03. The molecule has 1 aromatic carbocycles. The van der Waals surface area contributed by atoms with Crippen LogP contribution in [0.15, 0.2) is 29.1 Å². The summed E-state index contributed by atoms with van der Waals surface area (Å²) in [6, 6.07) is 6.38. The molecule has 0 bridgehead atoms. The molecule has 0 aliphatic rings. The summed E-state index contributed by atoms with van der Waals surface area (Å²) in [6.07, 6.45) is 0.709. The standard InChI is InChI=1S/C13H12N2O4/c1-15-12(17)10(11(14-15)13(18)19-2)9-5-3-8(7-16)4-6-9/h3-7,14H,1-2H3. The molecule has 6 heteroatoms. The van der Waals surface area contributed by atoms with E-state index in [1.165, 1.54) is 18.8 Å². The lowest BCUT2D eigenvalue weighted by Crippen LogP contribution is -2.13. The van der Waals surface area contributed by atoms with Gasteiger partial charge in [-0.05, 0) is 5.56 Å². The third kappa shape index (κ3) is 2.20. The number of carbonyl (C=O) groups is 2. The van der Waals surface area contributed by atoms with Crippen LogP contribution in [-0.4, -0.2) is 29.1 Å². The summed E-state index contributed by atoms with van der Waals surface area (Å²) in [4.78, 5) is 34.3. The number of ether oxygens (including phenoxy) is 1. The first-order chi connectivity index (χ1) is 9.08. The van der Waals surface area contributed by atoms with E-state index in [2.05, 4.69) is 9.84 Å². The van der Waals surface area contributed by atoms with E-state index in [4.69, 9.17) is 0 Å². The van der Waals surface area contributed by atoms with Gasteiger partial charge in [-0.15, -0.1) is 0 Å². The normalized spacial score (nSPS) is 10.2. The molecular formula is C13H12N2O4. The Hall–Kier alpha value is -2.63. The van der Waals surface area contributed by atoms with Gasteiger partial charge in [0.15, 0.2) is 5.69 Å². The van der Waals surface area contributed by atoms with Crippen LogP contribution in [0.4, 0.5) is 0 Å². The molecular weight excluding hydrogens is 248 g/mol. The fourth-order valence-electron chi connectivity index (χ4n) is 1.79. The Labute approximate surface area is 108 Å². The minimum Gasteiger partial charge on any atom is -0.464 e. The molecule has 2 rings (SSSR count). The molecule has 0 spiro atoms. The number of methoxy groups -OCH3 is 1. The Morgan fingerprint density at radius 2 is 1.95 bits per heavy atom. The second-order valence-electron chi connectivity index (χ2n) is 3.96. The summed E-state index contributed by atoms with van der Waals surface area (Å²) < 4.78 is 5.84. The minimum atomic E-state index is -0.618. The number of carbonyl (C=O) groups excluding carboxylic acids is 2. The maximum absolute atomic E-state index is 12.0. The van der Waals surface area contributed by atoms with Gasteiger partial charge in [-0.25, -0.2) is 4.79 Å². The van der Waals surface area contributed by atoms with Crippen molar-refractivity contribution in [2.75, 3.05) is 7.11 Å². The Morgan fingerprint density at radius 1 is 1.32 bits per heavy atom. The number of benzene rings is 1. The molecule has 0 fully saturated rings. The largest absolute Gasteiger partial charge is 0.464 e. The highest BCUT2D eigenvalue weighted by molar-refractivity contribution is 5.95. The van der Waals surface area contributed by atoms with Gasteiger partial charge >= 0.3 is 5.97 Å². The Bertz CT molecular complexity index is 680. The first-order valence-electron chi connectivity index (χ1n) is 5.51. The van der Waals surface area contributed by atoms with Crippen molar-refractivity contribution in [1.29, 1.82) is 0 Å². The molecule has 1 N–H and O–H groups in total. The third-order valence-corrected chi connectivity index (χ3v) is 2.77. The fraction of sp³-hybridized carbons (Fsp3) is 0.154. The van der Waals surface area contributed by atoms with Crippen LogP contribution in [0.3, 0.4) is 0 Å². The number of aryl methyl sites for hydroxylation is 1. The average Bonchev–Trinajstić information content (AvgIpc) is 2.74. The number of rotatable bonds is 3. The number of esters is 1. The van der Waals surface area contributed by atoms with Crippen molar-refractivity contribution < 1.29 is 14.3 Å². The maximum Gasteiger partial charge on any atom is 0.356 e. The molecule has 0 amide bonds. The van der Waals surface area contributed by atoms with E-state index in [1.54, 1.807) is 24.3 Å². The van der Waals surface area contributed by atoms with E-state index in [-0.39, 0.29) is 16.8 Å². The number of nitrogens with zero attached hydrogens (tertiary/aromatic N) is 1. The van der Waals surface area contributed by atoms with Crippen LogP contribution in [0.2, 0.25) is 0 Å². The van der Waals surface area contributed by atoms with Crippen molar-refractivity contribution in [3.8, 4) is 11.1 Å². The highest BCUT2D eigenvalue weighted by atomic mass is 16.5. The van der Waals surface area contributed by atoms with Crippen molar-refractivity contribution in [3.05, 3.63) is 45.9 Å². The van der Waals surface area contributed by atoms with Gasteiger partial charge in [-0.1, -0.05) is 24.3 Å². The summed E-state index contributed by atoms with van der Waals surface area (Å²) in [5, 5.41) is 2.65. The topological polar surface area (TPSA) is 81.2 Å². The molecule has 0 saturated carbocycles. The first kappa shape index (κ1) is 12.8. The van der Waals surface area contributed by atoms with Crippen LogP contribution in [0, 0.1) is 0 Å². The number of hydrogen-bond acceptors (Lipinski definition) is 4. The zero-order chi connectivity index (χ0) is 14.0. The molecule has 0 saturated heterocycles. The highest BCUT2D eigenvalue weighted by Gasteiger charge is 2.20. The van der Waals surface area contributed by atoms with Gasteiger partial charge in [-0.2, -0.15) is 0 Å². The third-order valence-electron chi connectivity index (χ3n) is 2.77. The maximum atomic E-state index is 12.0. The lowest BCUT2D eigenvalue weighted by Gasteiger charge is -2.01. The molecule has 0 aliphatic carbocycles. The van der Waals surface area contributed by atoms with Crippen LogP contribution in [0.5, 0.6) is 0 Å². The monoisotopic (exact) mass is 260 g/mol. The van der Waals surface area contributed by atoms with E-state index < -0.39 is 5.97 Å². The van der Waals surface area contributed by atoms with Gasteiger partial charge in [0.1, 0.15) is 6.29 Å². The van der Waals surface area contributed by atoms with E-state index in [0.717, 1.165) is 0 Å². The van der Waals surface area contributed by atoms with Crippen molar-refractivity contribution >= 4 is 12.3 Å². The van der Waals surface area contributed by atoms with Gasteiger partial charge in [-0.3, -0.25) is 19.4 Å².